The maximum Gasteiger partial charge on any atom is 0.234 e. The van der Waals surface area contributed by atoms with E-state index < -0.39 is 9.84 Å². The van der Waals surface area contributed by atoms with Crippen LogP contribution in [-0.2, 0) is 21.2 Å². The van der Waals surface area contributed by atoms with Crippen molar-refractivity contribution < 1.29 is 17.7 Å². The smallest absolute Gasteiger partial charge is 0.234 e. The van der Waals surface area contributed by atoms with Crippen LogP contribution in [0, 0.1) is 13.8 Å². The average molecular weight is 315 g/mol. The molecular weight excluding hydrogens is 294 g/mol. The third-order valence-corrected chi connectivity index (χ3v) is 5.39. The maximum atomic E-state index is 11.9. The van der Waals surface area contributed by atoms with Gasteiger partial charge >= 0.3 is 0 Å². The molecule has 21 heavy (non-hydrogen) atoms. The van der Waals surface area contributed by atoms with Crippen LogP contribution in [0.25, 0.3) is 0 Å². The molecule has 0 unspecified atom stereocenters. The summed E-state index contributed by atoms with van der Waals surface area (Å²) >= 11 is 0. The molecule has 1 aromatic rings. The molecule has 1 aromatic heterocycles. The van der Waals surface area contributed by atoms with Crippen molar-refractivity contribution in [3.8, 4) is 0 Å². The van der Waals surface area contributed by atoms with Gasteiger partial charge in [0.05, 0.1) is 23.7 Å². The van der Waals surface area contributed by atoms with E-state index in [0.29, 0.717) is 13.0 Å². The lowest BCUT2D eigenvalue weighted by atomic mass is 10.2. The predicted molar refractivity (Wildman–Crippen MR) is 77.5 cm³/mol. The summed E-state index contributed by atoms with van der Waals surface area (Å²) < 4.78 is 27.8. The molecule has 0 radical (unpaired) electrons. The minimum atomic E-state index is -2.97. The largest absolute Gasteiger partial charge is 0.361 e. The lowest BCUT2D eigenvalue weighted by Crippen LogP contribution is -2.41. The first-order valence-electron chi connectivity index (χ1n) is 6.87. The van der Waals surface area contributed by atoms with Crippen LogP contribution in [0.4, 0.5) is 0 Å². The minimum Gasteiger partial charge on any atom is -0.361 e. The molecule has 0 spiro atoms. The van der Waals surface area contributed by atoms with Gasteiger partial charge in [0.15, 0.2) is 9.84 Å². The van der Waals surface area contributed by atoms with Crippen molar-refractivity contribution in [1.82, 2.24) is 15.4 Å². The van der Waals surface area contributed by atoms with Gasteiger partial charge in [-0.25, -0.2) is 8.42 Å². The molecule has 1 saturated heterocycles. The molecule has 1 amide bonds. The second kappa shape index (κ2) is 6.15. The van der Waals surface area contributed by atoms with Crippen LogP contribution in [0.1, 0.15) is 23.4 Å². The highest BCUT2D eigenvalue weighted by Crippen LogP contribution is 2.14. The molecule has 1 atom stereocenters. The number of aromatic nitrogens is 1. The molecule has 118 valence electrons. The molecule has 0 saturated carbocycles. The Balaban J connectivity index is 1.83. The third kappa shape index (κ3) is 4.28. The number of rotatable bonds is 5. The fourth-order valence-electron chi connectivity index (χ4n) is 2.48. The van der Waals surface area contributed by atoms with Gasteiger partial charge in [-0.15, -0.1) is 0 Å². The van der Waals surface area contributed by atoms with Crippen molar-refractivity contribution in [2.45, 2.75) is 32.9 Å². The number of sulfone groups is 1. The number of carbonyl (C=O) groups excluding carboxylic acids is 1. The summed E-state index contributed by atoms with van der Waals surface area (Å²) in [5.41, 5.74) is 1.80. The standard InChI is InChI=1S/C13H21N3O4S/c1-9-12(10(2)20-15-9)6-16(3)7-13(17)14-11-4-5-21(18,19)8-11/h11H,4-8H2,1-3H3,(H,14,17)/t11-/m1/s1. The Hall–Kier alpha value is -1.41. The Labute approximate surface area is 124 Å². The topological polar surface area (TPSA) is 92.5 Å². The summed E-state index contributed by atoms with van der Waals surface area (Å²) in [6, 6.07) is -0.255. The van der Waals surface area contributed by atoms with Crippen molar-refractivity contribution in [3.05, 3.63) is 17.0 Å². The summed E-state index contributed by atoms with van der Waals surface area (Å²) in [4.78, 5) is 13.8. The molecule has 2 heterocycles. The number of hydrogen-bond donors (Lipinski definition) is 1. The number of nitrogens with zero attached hydrogens (tertiary/aromatic N) is 2. The zero-order valence-corrected chi connectivity index (χ0v) is 13.4. The van der Waals surface area contributed by atoms with Crippen LogP contribution in [0.3, 0.4) is 0 Å². The monoisotopic (exact) mass is 315 g/mol. The first kappa shape index (κ1) is 16.0. The molecule has 2 rings (SSSR count). The second-order valence-electron chi connectivity index (χ2n) is 5.64. The fraction of sp³-hybridized carbons (Fsp3) is 0.692. The fourth-order valence-corrected chi connectivity index (χ4v) is 4.15. The van der Waals surface area contributed by atoms with E-state index in [2.05, 4.69) is 10.5 Å². The zero-order chi connectivity index (χ0) is 15.6. The number of aryl methyl sites for hydroxylation is 2. The molecule has 0 aromatic carbocycles. The van der Waals surface area contributed by atoms with Crippen LogP contribution in [0.15, 0.2) is 4.52 Å². The van der Waals surface area contributed by atoms with E-state index >= 15 is 0 Å². The van der Waals surface area contributed by atoms with Gasteiger partial charge in [-0.05, 0) is 27.3 Å². The first-order chi connectivity index (χ1) is 9.77. The Morgan fingerprint density at radius 1 is 1.48 bits per heavy atom. The summed E-state index contributed by atoms with van der Waals surface area (Å²) in [6.45, 7) is 4.48. The van der Waals surface area contributed by atoms with E-state index in [9.17, 15) is 13.2 Å². The van der Waals surface area contributed by atoms with Crippen molar-refractivity contribution in [3.63, 3.8) is 0 Å². The summed E-state index contributed by atoms with van der Waals surface area (Å²) in [5, 5.41) is 6.65. The molecule has 0 aliphatic carbocycles. The average Bonchev–Trinajstić information content (AvgIpc) is 2.85. The molecule has 8 heteroatoms. The Morgan fingerprint density at radius 2 is 2.19 bits per heavy atom. The highest BCUT2D eigenvalue weighted by Gasteiger charge is 2.29. The maximum absolute atomic E-state index is 11.9. The van der Waals surface area contributed by atoms with E-state index in [1.54, 1.807) is 0 Å². The van der Waals surface area contributed by atoms with Gasteiger partial charge in [-0.3, -0.25) is 9.69 Å². The number of carbonyl (C=O) groups is 1. The Kier molecular flexibility index (Phi) is 4.67. The molecule has 7 nitrogen and oxygen atoms in total. The normalized spacial score (nSPS) is 20.9. The van der Waals surface area contributed by atoms with E-state index in [1.807, 2.05) is 25.8 Å². The molecule has 1 N–H and O–H groups in total. The van der Waals surface area contributed by atoms with Gasteiger partial charge in [0.1, 0.15) is 5.76 Å². The molecule has 1 aliphatic heterocycles. The van der Waals surface area contributed by atoms with Crippen molar-refractivity contribution in [2.75, 3.05) is 25.1 Å². The van der Waals surface area contributed by atoms with Crippen LogP contribution < -0.4 is 5.32 Å². The highest BCUT2D eigenvalue weighted by molar-refractivity contribution is 7.91. The van der Waals surface area contributed by atoms with E-state index in [-0.39, 0.29) is 30.0 Å². The SMILES string of the molecule is Cc1noc(C)c1CN(C)CC(=O)N[C@@H]1CCS(=O)(=O)C1. The van der Waals surface area contributed by atoms with Crippen molar-refractivity contribution in [2.24, 2.45) is 0 Å². The second-order valence-corrected chi connectivity index (χ2v) is 7.87. The van der Waals surface area contributed by atoms with Crippen LogP contribution in [0.2, 0.25) is 0 Å². The zero-order valence-electron chi connectivity index (χ0n) is 12.5. The van der Waals surface area contributed by atoms with Crippen LogP contribution in [-0.4, -0.2) is 55.5 Å². The molecule has 1 aliphatic rings. The predicted octanol–water partition coefficient (Wildman–Crippen LogP) is 0.0265. The number of amides is 1. The Bertz CT molecular complexity index is 604. The number of hydrogen-bond acceptors (Lipinski definition) is 6. The minimum absolute atomic E-state index is 0.0479. The summed E-state index contributed by atoms with van der Waals surface area (Å²) in [5.74, 6) is 0.798. The van der Waals surface area contributed by atoms with Gasteiger partial charge < -0.3 is 9.84 Å². The Morgan fingerprint density at radius 3 is 2.71 bits per heavy atom. The quantitative estimate of drug-likeness (QED) is 0.824. The van der Waals surface area contributed by atoms with Gasteiger partial charge in [0.2, 0.25) is 5.91 Å². The lowest BCUT2D eigenvalue weighted by Gasteiger charge is -2.18. The van der Waals surface area contributed by atoms with E-state index in [4.69, 9.17) is 4.52 Å². The van der Waals surface area contributed by atoms with Gasteiger partial charge in [-0.1, -0.05) is 5.16 Å². The van der Waals surface area contributed by atoms with Crippen molar-refractivity contribution in [1.29, 1.82) is 0 Å². The van der Waals surface area contributed by atoms with Gasteiger partial charge in [-0.2, -0.15) is 0 Å². The summed E-state index contributed by atoms with van der Waals surface area (Å²) in [6.07, 6.45) is 0.502. The summed E-state index contributed by atoms with van der Waals surface area (Å²) in [7, 11) is -1.14. The highest BCUT2D eigenvalue weighted by atomic mass is 32.2. The van der Waals surface area contributed by atoms with Gasteiger partial charge in [0, 0.05) is 18.2 Å². The number of nitrogens with one attached hydrogen (secondary N) is 1. The molecule has 0 bridgehead atoms. The van der Waals surface area contributed by atoms with E-state index in [0.717, 1.165) is 17.0 Å². The third-order valence-electron chi connectivity index (χ3n) is 3.62. The molecule has 1 fully saturated rings. The van der Waals surface area contributed by atoms with Crippen LogP contribution in [0.5, 0.6) is 0 Å². The molecular formula is C13H21N3O4S. The van der Waals surface area contributed by atoms with Gasteiger partial charge in [0.25, 0.3) is 0 Å². The van der Waals surface area contributed by atoms with Crippen molar-refractivity contribution >= 4 is 15.7 Å². The lowest BCUT2D eigenvalue weighted by molar-refractivity contribution is -0.122. The van der Waals surface area contributed by atoms with Crippen LogP contribution >= 0.6 is 0 Å². The first-order valence-corrected chi connectivity index (χ1v) is 8.69. The van der Waals surface area contributed by atoms with E-state index in [1.165, 1.54) is 0 Å². The number of likely N-dealkylation sites (N-methyl/N-ethyl adjacent to an activating group) is 1.